The molecule has 88 valence electrons. The third kappa shape index (κ3) is 2.63. The normalized spacial score (nSPS) is 15.9. The minimum Gasteiger partial charge on any atom is -0.328 e. The summed E-state index contributed by atoms with van der Waals surface area (Å²) in [6.45, 7) is 4.38. The Bertz CT molecular complexity index is 449. The summed E-state index contributed by atoms with van der Waals surface area (Å²) in [7, 11) is 0. The Labute approximate surface area is 102 Å². The highest BCUT2D eigenvalue weighted by molar-refractivity contribution is 5.74. The van der Waals surface area contributed by atoms with Gasteiger partial charge in [-0.1, -0.05) is 24.3 Å². The molecule has 1 aromatic rings. The quantitative estimate of drug-likeness (QED) is 0.803. The lowest BCUT2D eigenvalue weighted by molar-refractivity contribution is 0.737. The van der Waals surface area contributed by atoms with Crippen LogP contribution in [-0.2, 0) is 0 Å². The lowest BCUT2D eigenvalue weighted by atomic mass is 10.0. The molecule has 1 aliphatic rings. The minimum atomic E-state index is -0.0111. The predicted octanol–water partition coefficient (Wildman–Crippen LogP) is 2.62. The van der Waals surface area contributed by atoms with E-state index < -0.39 is 0 Å². The lowest BCUT2D eigenvalue weighted by Gasteiger charge is -2.25. The van der Waals surface area contributed by atoms with Crippen LogP contribution in [0.5, 0.6) is 0 Å². The van der Waals surface area contributed by atoms with Crippen molar-refractivity contribution in [2.45, 2.75) is 12.5 Å². The average Bonchev–Trinajstić information content (AvgIpc) is 2.40. The molecular formula is C14H17N3. The van der Waals surface area contributed by atoms with Gasteiger partial charge in [-0.15, -0.1) is 6.58 Å². The maximum atomic E-state index is 6.15. The van der Waals surface area contributed by atoms with Crippen molar-refractivity contribution in [3.8, 4) is 0 Å². The van der Waals surface area contributed by atoms with E-state index in [1.54, 1.807) is 0 Å². The van der Waals surface area contributed by atoms with Crippen LogP contribution in [0.1, 0.15) is 18.0 Å². The van der Waals surface area contributed by atoms with Crippen LogP contribution in [0.25, 0.3) is 0 Å². The third-order valence-electron chi connectivity index (χ3n) is 2.76. The van der Waals surface area contributed by atoms with Crippen molar-refractivity contribution < 1.29 is 0 Å². The molecule has 3 nitrogen and oxygen atoms in total. The number of nitrogens with two attached hydrogens (primary N) is 1. The molecule has 17 heavy (non-hydrogen) atoms. The van der Waals surface area contributed by atoms with Gasteiger partial charge in [0.2, 0.25) is 0 Å². The molecule has 0 spiro atoms. The van der Waals surface area contributed by atoms with Crippen molar-refractivity contribution in [3.05, 3.63) is 54.8 Å². The average molecular weight is 227 g/mol. The van der Waals surface area contributed by atoms with E-state index in [0.29, 0.717) is 6.67 Å². The predicted molar refractivity (Wildman–Crippen MR) is 73.2 cm³/mol. The van der Waals surface area contributed by atoms with Crippen molar-refractivity contribution in [3.63, 3.8) is 0 Å². The number of benzene rings is 1. The highest BCUT2D eigenvalue weighted by Gasteiger charge is 2.13. The monoisotopic (exact) mass is 227 g/mol. The first-order valence-electron chi connectivity index (χ1n) is 5.71. The zero-order chi connectivity index (χ0) is 12.1. The van der Waals surface area contributed by atoms with E-state index in [1.165, 1.54) is 0 Å². The van der Waals surface area contributed by atoms with E-state index >= 15 is 0 Å². The maximum Gasteiger partial charge on any atom is 0.114 e. The molecular weight excluding hydrogens is 210 g/mol. The molecule has 2 N–H and O–H groups in total. The number of aliphatic imine (C=N–C) groups is 1. The van der Waals surface area contributed by atoms with Crippen LogP contribution in [0.15, 0.2) is 54.2 Å². The van der Waals surface area contributed by atoms with Gasteiger partial charge < -0.3 is 10.6 Å². The standard InChI is InChI=1S/C14H17N3/c1-2-6-13(15)12-7-3-4-8-14(12)17-10-5-9-16-11-17/h2-5,7-10,13H,1,6,11,15H2. The smallest absolute Gasteiger partial charge is 0.114 e. The summed E-state index contributed by atoms with van der Waals surface area (Å²) in [5.74, 6) is 0. The summed E-state index contributed by atoms with van der Waals surface area (Å²) in [4.78, 5) is 6.33. The van der Waals surface area contributed by atoms with Crippen LogP contribution >= 0.6 is 0 Å². The Morgan fingerprint density at radius 3 is 3.00 bits per heavy atom. The van der Waals surface area contributed by atoms with E-state index in [1.807, 2.05) is 36.7 Å². The highest BCUT2D eigenvalue weighted by atomic mass is 15.2. The number of nitrogens with zero attached hydrogens (tertiary/aromatic N) is 2. The van der Waals surface area contributed by atoms with Gasteiger partial charge >= 0.3 is 0 Å². The summed E-state index contributed by atoms with van der Waals surface area (Å²) < 4.78 is 0. The second-order valence-corrected chi connectivity index (χ2v) is 3.97. The molecule has 1 atom stereocenters. The zero-order valence-electron chi connectivity index (χ0n) is 9.79. The van der Waals surface area contributed by atoms with Gasteiger partial charge in [-0.25, -0.2) is 0 Å². The number of allylic oxidation sites excluding steroid dienone is 1. The summed E-state index contributed by atoms with van der Waals surface area (Å²) in [5.41, 5.74) is 8.41. The Morgan fingerprint density at radius 2 is 2.29 bits per heavy atom. The van der Waals surface area contributed by atoms with Gasteiger partial charge in [-0.2, -0.15) is 0 Å². The summed E-state index contributed by atoms with van der Waals surface area (Å²) in [6.07, 6.45) is 8.39. The first-order chi connectivity index (χ1) is 8.33. The van der Waals surface area contributed by atoms with Crippen molar-refractivity contribution >= 4 is 11.9 Å². The number of rotatable bonds is 4. The van der Waals surface area contributed by atoms with Gasteiger partial charge in [0, 0.05) is 24.1 Å². The fourth-order valence-electron chi connectivity index (χ4n) is 1.91. The fraction of sp³-hybridized carbons (Fsp3) is 0.214. The molecule has 0 saturated carbocycles. The van der Waals surface area contributed by atoms with Crippen LogP contribution in [-0.4, -0.2) is 12.9 Å². The molecule has 0 radical (unpaired) electrons. The first-order valence-corrected chi connectivity index (χ1v) is 5.71. The van der Waals surface area contributed by atoms with Crippen molar-refractivity contribution in [2.24, 2.45) is 10.7 Å². The van der Waals surface area contributed by atoms with E-state index in [4.69, 9.17) is 5.73 Å². The molecule has 2 rings (SSSR count). The van der Waals surface area contributed by atoms with Gasteiger partial charge in [0.15, 0.2) is 0 Å². The number of anilines is 1. The molecule has 0 aromatic heterocycles. The van der Waals surface area contributed by atoms with Crippen LogP contribution < -0.4 is 10.6 Å². The van der Waals surface area contributed by atoms with Crippen molar-refractivity contribution in [2.75, 3.05) is 11.6 Å². The number of hydrogen-bond donors (Lipinski definition) is 1. The van der Waals surface area contributed by atoms with Gasteiger partial charge in [0.1, 0.15) is 6.67 Å². The van der Waals surface area contributed by atoms with Crippen molar-refractivity contribution in [1.29, 1.82) is 0 Å². The fourth-order valence-corrected chi connectivity index (χ4v) is 1.91. The number of para-hydroxylation sites is 1. The lowest BCUT2D eigenvalue weighted by Crippen LogP contribution is -2.22. The molecule has 0 fully saturated rings. The van der Waals surface area contributed by atoms with E-state index in [0.717, 1.165) is 17.7 Å². The Kier molecular flexibility index (Phi) is 3.73. The Morgan fingerprint density at radius 1 is 1.47 bits per heavy atom. The third-order valence-corrected chi connectivity index (χ3v) is 2.76. The van der Waals surface area contributed by atoms with Crippen LogP contribution in [0, 0.1) is 0 Å². The minimum absolute atomic E-state index is 0.0111. The molecule has 0 amide bonds. The Hall–Kier alpha value is -1.87. The maximum absolute atomic E-state index is 6.15. The first kappa shape index (κ1) is 11.6. The molecule has 1 unspecified atom stereocenters. The van der Waals surface area contributed by atoms with E-state index in [2.05, 4.69) is 28.6 Å². The molecule has 0 bridgehead atoms. The van der Waals surface area contributed by atoms with E-state index in [9.17, 15) is 0 Å². The topological polar surface area (TPSA) is 41.6 Å². The SMILES string of the molecule is C=CCC(N)c1ccccc1N1C=CC=NC1. The Balaban J connectivity index is 2.29. The molecule has 1 aromatic carbocycles. The molecule has 1 heterocycles. The van der Waals surface area contributed by atoms with Gasteiger partial charge in [-0.05, 0) is 24.1 Å². The van der Waals surface area contributed by atoms with Crippen LogP contribution in [0.4, 0.5) is 5.69 Å². The molecule has 3 heteroatoms. The van der Waals surface area contributed by atoms with Gasteiger partial charge in [0.25, 0.3) is 0 Å². The zero-order valence-corrected chi connectivity index (χ0v) is 9.79. The molecule has 0 aliphatic carbocycles. The van der Waals surface area contributed by atoms with Crippen LogP contribution in [0.2, 0.25) is 0 Å². The summed E-state index contributed by atoms with van der Waals surface area (Å²) >= 11 is 0. The second-order valence-electron chi connectivity index (χ2n) is 3.97. The van der Waals surface area contributed by atoms with Crippen LogP contribution in [0.3, 0.4) is 0 Å². The van der Waals surface area contributed by atoms with E-state index in [-0.39, 0.29) is 6.04 Å². The van der Waals surface area contributed by atoms with Crippen molar-refractivity contribution in [1.82, 2.24) is 0 Å². The number of hydrogen-bond acceptors (Lipinski definition) is 3. The summed E-state index contributed by atoms with van der Waals surface area (Å²) in [6, 6.07) is 8.16. The second kappa shape index (κ2) is 5.46. The largest absolute Gasteiger partial charge is 0.328 e. The van der Waals surface area contributed by atoms with Gasteiger partial charge in [-0.3, -0.25) is 4.99 Å². The molecule has 0 saturated heterocycles. The van der Waals surface area contributed by atoms with Gasteiger partial charge in [0.05, 0.1) is 0 Å². The highest BCUT2D eigenvalue weighted by Crippen LogP contribution is 2.27. The summed E-state index contributed by atoms with van der Waals surface area (Å²) in [5, 5.41) is 0. The molecule has 1 aliphatic heterocycles.